The topological polar surface area (TPSA) is 91.2 Å². The van der Waals surface area contributed by atoms with Gasteiger partial charge < -0.3 is 15.4 Å². The first kappa shape index (κ1) is 20.3. The molecule has 2 N–H and O–H groups in total. The molecule has 0 aliphatic heterocycles. The summed E-state index contributed by atoms with van der Waals surface area (Å²) in [6.45, 7) is 0.621. The lowest BCUT2D eigenvalue weighted by molar-refractivity contribution is -0.120. The molecule has 0 heterocycles. The molecule has 0 fully saturated rings. The van der Waals surface area contributed by atoms with Crippen molar-refractivity contribution in [3.05, 3.63) is 59.1 Å². The second-order valence-corrected chi connectivity index (χ2v) is 6.11. The number of nitrogens with one attached hydrogen (secondary N) is 2. The van der Waals surface area contributed by atoms with E-state index in [0.717, 1.165) is 5.56 Å². The van der Waals surface area contributed by atoms with Gasteiger partial charge in [-0.2, -0.15) is 5.26 Å². The first-order chi connectivity index (χ1) is 13.1. The number of para-hydroxylation sites is 2. The molecule has 0 aromatic heterocycles. The van der Waals surface area contributed by atoms with Gasteiger partial charge in [0, 0.05) is 18.7 Å². The monoisotopic (exact) mass is 385 g/mol. The second kappa shape index (κ2) is 10.8. The molecule has 0 aliphatic carbocycles. The van der Waals surface area contributed by atoms with Crippen molar-refractivity contribution in [2.24, 2.45) is 0 Å². The molecule has 0 saturated heterocycles. The molecule has 2 amide bonds. The third-order valence-electron chi connectivity index (χ3n) is 3.65. The van der Waals surface area contributed by atoms with E-state index < -0.39 is 0 Å². The minimum absolute atomic E-state index is 0.145. The highest BCUT2D eigenvalue weighted by atomic mass is 35.5. The van der Waals surface area contributed by atoms with Gasteiger partial charge in [0.25, 0.3) is 0 Å². The zero-order valence-electron chi connectivity index (χ0n) is 14.7. The van der Waals surface area contributed by atoms with Crippen LogP contribution in [0, 0.1) is 11.3 Å². The van der Waals surface area contributed by atoms with Crippen LogP contribution in [-0.4, -0.2) is 18.4 Å². The Kier molecular flexibility index (Phi) is 8.14. The molecular formula is C20H20ClN3O3. The van der Waals surface area contributed by atoms with Crippen LogP contribution in [0.1, 0.15) is 24.8 Å². The number of benzene rings is 2. The number of amides is 2. The average Bonchev–Trinajstić information content (AvgIpc) is 2.66. The predicted molar refractivity (Wildman–Crippen MR) is 103 cm³/mol. The molecule has 6 nitrogen and oxygen atoms in total. The van der Waals surface area contributed by atoms with E-state index in [9.17, 15) is 9.59 Å². The molecule has 2 aromatic carbocycles. The first-order valence-corrected chi connectivity index (χ1v) is 8.86. The smallest absolute Gasteiger partial charge is 0.234 e. The van der Waals surface area contributed by atoms with Gasteiger partial charge in [-0.15, -0.1) is 0 Å². The van der Waals surface area contributed by atoms with Crippen molar-refractivity contribution >= 4 is 29.1 Å². The molecule has 0 spiro atoms. The summed E-state index contributed by atoms with van der Waals surface area (Å²) < 4.78 is 5.56. The molecule has 0 radical (unpaired) electrons. The Labute approximate surface area is 163 Å². The van der Waals surface area contributed by atoms with Crippen molar-refractivity contribution in [1.29, 1.82) is 5.26 Å². The number of halogens is 1. The normalized spacial score (nSPS) is 9.93. The highest BCUT2D eigenvalue weighted by molar-refractivity contribution is 6.32. The van der Waals surface area contributed by atoms with Crippen molar-refractivity contribution < 1.29 is 14.3 Å². The largest absolute Gasteiger partial charge is 0.492 e. The number of hydrogen-bond acceptors (Lipinski definition) is 4. The van der Waals surface area contributed by atoms with Crippen LogP contribution in [0.4, 0.5) is 5.69 Å². The van der Waals surface area contributed by atoms with E-state index in [1.165, 1.54) is 0 Å². The Morgan fingerprint density at radius 3 is 2.59 bits per heavy atom. The second-order valence-electron chi connectivity index (χ2n) is 5.70. The lowest BCUT2D eigenvalue weighted by Gasteiger charge is -2.12. The summed E-state index contributed by atoms with van der Waals surface area (Å²) in [5, 5.41) is 14.5. The lowest BCUT2D eigenvalue weighted by atomic mass is 10.1. The summed E-state index contributed by atoms with van der Waals surface area (Å²) in [6, 6.07) is 16.2. The molecule has 27 heavy (non-hydrogen) atoms. The molecule has 0 aliphatic rings. The fourth-order valence-corrected chi connectivity index (χ4v) is 2.50. The van der Waals surface area contributed by atoms with E-state index in [2.05, 4.69) is 10.6 Å². The van der Waals surface area contributed by atoms with Crippen LogP contribution in [0.3, 0.4) is 0 Å². The number of ether oxygens (including phenoxy) is 1. The van der Waals surface area contributed by atoms with Gasteiger partial charge in [-0.1, -0.05) is 41.9 Å². The number of nitriles is 1. The van der Waals surface area contributed by atoms with Crippen LogP contribution in [0.15, 0.2) is 48.5 Å². The van der Waals surface area contributed by atoms with E-state index in [1.54, 1.807) is 30.3 Å². The zero-order valence-corrected chi connectivity index (χ0v) is 15.5. The van der Waals surface area contributed by atoms with Crippen LogP contribution >= 0.6 is 11.6 Å². The maximum Gasteiger partial charge on any atom is 0.234 e. The lowest BCUT2D eigenvalue weighted by Crippen LogP contribution is -2.23. The number of rotatable bonds is 9. The van der Waals surface area contributed by atoms with E-state index in [-0.39, 0.29) is 24.8 Å². The van der Waals surface area contributed by atoms with Crippen molar-refractivity contribution in [1.82, 2.24) is 5.32 Å². The minimum Gasteiger partial charge on any atom is -0.492 e. The van der Waals surface area contributed by atoms with Crippen LogP contribution in [0.5, 0.6) is 5.75 Å². The molecule has 0 saturated carbocycles. The first-order valence-electron chi connectivity index (χ1n) is 8.49. The molecular weight excluding hydrogens is 366 g/mol. The quantitative estimate of drug-likeness (QED) is 0.644. The predicted octanol–water partition coefficient (Wildman–Crippen LogP) is 3.67. The van der Waals surface area contributed by atoms with E-state index >= 15 is 0 Å². The standard InChI is InChI=1S/C20H20ClN3O3/c21-16-7-2-4-9-18(16)27-13-5-10-20(26)24-17-8-3-1-6-15(17)14-23-19(25)11-12-22/h1-4,6-9H,5,10-11,13-14H2,(H,23,25)(H,24,26). The van der Waals surface area contributed by atoms with Gasteiger partial charge in [-0.25, -0.2) is 0 Å². The molecule has 0 unspecified atom stereocenters. The van der Waals surface area contributed by atoms with Gasteiger partial charge >= 0.3 is 0 Å². The highest BCUT2D eigenvalue weighted by Crippen LogP contribution is 2.23. The number of hydrogen-bond donors (Lipinski definition) is 2. The summed E-state index contributed by atoms with van der Waals surface area (Å²) in [4.78, 5) is 23.6. The molecule has 7 heteroatoms. The zero-order chi connectivity index (χ0) is 19.5. The Hall–Kier alpha value is -3.04. The average molecular weight is 386 g/mol. The maximum absolute atomic E-state index is 12.2. The van der Waals surface area contributed by atoms with Crippen LogP contribution in [0.2, 0.25) is 5.02 Å². The molecule has 0 bridgehead atoms. The van der Waals surface area contributed by atoms with Crippen LogP contribution in [0.25, 0.3) is 0 Å². The van der Waals surface area contributed by atoms with Gasteiger partial charge in [0.15, 0.2) is 0 Å². The number of anilines is 1. The Balaban J connectivity index is 1.79. The molecule has 0 atom stereocenters. The molecule has 140 valence electrons. The van der Waals surface area contributed by atoms with Crippen molar-refractivity contribution in [2.45, 2.75) is 25.8 Å². The van der Waals surface area contributed by atoms with Gasteiger partial charge in [-0.3, -0.25) is 9.59 Å². The molecule has 2 aromatic rings. The van der Waals surface area contributed by atoms with Gasteiger partial charge in [0.2, 0.25) is 11.8 Å². The van der Waals surface area contributed by atoms with Crippen LogP contribution < -0.4 is 15.4 Å². The molecule has 2 rings (SSSR count). The van der Waals surface area contributed by atoms with Gasteiger partial charge in [0.1, 0.15) is 12.2 Å². The summed E-state index contributed by atoms with van der Waals surface area (Å²) in [5.41, 5.74) is 1.40. The Morgan fingerprint density at radius 1 is 1.07 bits per heavy atom. The highest BCUT2D eigenvalue weighted by Gasteiger charge is 2.08. The van der Waals surface area contributed by atoms with E-state index in [0.29, 0.717) is 35.9 Å². The van der Waals surface area contributed by atoms with Crippen molar-refractivity contribution in [2.75, 3.05) is 11.9 Å². The third kappa shape index (κ3) is 7.00. The van der Waals surface area contributed by atoms with E-state index in [4.69, 9.17) is 21.6 Å². The Bertz CT molecular complexity index is 833. The van der Waals surface area contributed by atoms with Crippen molar-refractivity contribution in [3.8, 4) is 11.8 Å². The van der Waals surface area contributed by atoms with Gasteiger partial charge in [0.05, 0.1) is 17.7 Å². The third-order valence-corrected chi connectivity index (χ3v) is 3.96. The maximum atomic E-state index is 12.2. The fraction of sp³-hybridized carbons (Fsp3) is 0.250. The number of nitrogens with zero attached hydrogens (tertiary/aromatic N) is 1. The van der Waals surface area contributed by atoms with Crippen molar-refractivity contribution in [3.63, 3.8) is 0 Å². The summed E-state index contributed by atoms with van der Waals surface area (Å²) in [7, 11) is 0. The Morgan fingerprint density at radius 2 is 1.81 bits per heavy atom. The number of carbonyl (C=O) groups excluding carboxylic acids is 2. The minimum atomic E-state index is -0.352. The fourth-order valence-electron chi connectivity index (χ4n) is 2.31. The SMILES string of the molecule is N#CCC(=O)NCc1ccccc1NC(=O)CCCOc1ccccc1Cl. The van der Waals surface area contributed by atoms with Crippen LogP contribution in [-0.2, 0) is 16.1 Å². The number of carbonyl (C=O) groups is 2. The summed E-state index contributed by atoms with van der Waals surface area (Å²) in [6.07, 6.45) is 0.637. The summed E-state index contributed by atoms with van der Waals surface area (Å²) in [5.74, 6) is 0.0990. The van der Waals surface area contributed by atoms with E-state index in [1.807, 2.05) is 24.3 Å². The van der Waals surface area contributed by atoms with Gasteiger partial charge in [-0.05, 0) is 30.2 Å². The summed E-state index contributed by atoms with van der Waals surface area (Å²) >= 11 is 6.01.